The van der Waals surface area contributed by atoms with Crippen molar-refractivity contribution in [3.05, 3.63) is 46.3 Å². The lowest BCUT2D eigenvalue weighted by atomic mass is 10.1. The molecule has 0 spiro atoms. The second-order valence-electron chi connectivity index (χ2n) is 5.86. The molecule has 0 aliphatic rings. The van der Waals surface area contributed by atoms with Gasteiger partial charge in [0.2, 0.25) is 0 Å². The number of amides is 1. The van der Waals surface area contributed by atoms with Crippen LogP contribution in [-0.2, 0) is 6.61 Å². The Labute approximate surface area is 137 Å². The summed E-state index contributed by atoms with van der Waals surface area (Å²) in [5, 5.41) is 6.80. The Morgan fingerprint density at radius 3 is 2.57 bits per heavy atom. The van der Waals surface area contributed by atoms with Crippen molar-refractivity contribution in [2.45, 2.75) is 53.7 Å². The van der Waals surface area contributed by atoms with Crippen molar-refractivity contribution >= 4 is 5.91 Å². The molecule has 5 nitrogen and oxygen atoms in total. The minimum absolute atomic E-state index is 0.0897. The number of ether oxygens (including phenoxy) is 1. The minimum Gasteiger partial charge on any atom is -0.488 e. The monoisotopic (exact) mass is 316 g/mol. The number of para-hydroxylation sites is 1. The van der Waals surface area contributed by atoms with Crippen LogP contribution in [0.1, 0.15) is 53.2 Å². The summed E-state index contributed by atoms with van der Waals surface area (Å²) in [4.78, 5) is 12.3. The zero-order valence-corrected chi connectivity index (χ0v) is 14.4. The van der Waals surface area contributed by atoms with Gasteiger partial charge in [0.1, 0.15) is 18.1 Å². The lowest BCUT2D eigenvalue weighted by Crippen LogP contribution is -2.32. The maximum Gasteiger partial charge on any atom is 0.274 e. The van der Waals surface area contributed by atoms with E-state index in [1.54, 1.807) is 6.92 Å². The van der Waals surface area contributed by atoms with Gasteiger partial charge in [-0.3, -0.25) is 4.79 Å². The van der Waals surface area contributed by atoms with Gasteiger partial charge < -0.3 is 14.6 Å². The molecular formula is C18H24N2O3. The van der Waals surface area contributed by atoms with Crippen LogP contribution in [0.3, 0.4) is 0 Å². The predicted octanol–water partition coefficient (Wildman–Crippen LogP) is 3.71. The summed E-state index contributed by atoms with van der Waals surface area (Å²) in [5.74, 6) is 1.21. The number of nitrogens with one attached hydrogen (secondary N) is 1. The van der Waals surface area contributed by atoms with Gasteiger partial charge in [-0.05, 0) is 45.2 Å². The first-order valence-electron chi connectivity index (χ1n) is 7.89. The molecule has 5 heteroatoms. The fraction of sp³-hybridized carbons (Fsp3) is 0.444. The lowest BCUT2D eigenvalue weighted by Gasteiger charge is -2.13. The smallest absolute Gasteiger partial charge is 0.274 e. The highest BCUT2D eigenvalue weighted by molar-refractivity contribution is 5.93. The SMILES string of the molecule is CCC(C)NC(=O)c1noc(C)c1COc1c(C)cccc1C. The van der Waals surface area contributed by atoms with Crippen molar-refractivity contribution in [2.75, 3.05) is 0 Å². The minimum atomic E-state index is -0.226. The molecule has 0 radical (unpaired) electrons. The van der Waals surface area contributed by atoms with Crippen LogP contribution >= 0.6 is 0 Å². The maximum atomic E-state index is 12.3. The number of nitrogens with zero attached hydrogens (tertiary/aromatic N) is 1. The Balaban J connectivity index is 2.17. The Bertz CT molecular complexity index is 671. The molecule has 1 unspecified atom stereocenters. The van der Waals surface area contributed by atoms with E-state index in [2.05, 4.69) is 10.5 Å². The third-order valence-electron chi connectivity index (χ3n) is 3.96. The number of aromatic nitrogens is 1. The van der Waals surface area contributed by atoms with Crippen molar-refractivity contribution in [1.82, 2.24) is 10.5 Å². The number of aryl methyl sites for hydroxylation is 3. The summed E-state index contributed by atoms with van der Waals surface area (Å²) >= 11 is 0. The van der Waals surface area contributed by atoms with E-state index in [0.29, 0.717) is 17.0 Å². The summed E-state index contributed by atoms with van der Waals surface area (Å²) in [6, 6.07) is 6.08. The van der Waals surface area contributed by atoms with Gasteiger partial charge in [0.05, 0.1) is 5.56 Å². The molecule has 0 saturated heterocycles. The van der Waals surface area contributed by atoms with Gasteiger partial charge in [0, 0.05) is 6.04 Å². The highest BCUT2D eigenvalue weighted by Crippen LogP contribution is 2.25. The molecule has 0 aliphatic carbocycles. The van der Waals surface area contributed by atoms with E-state index in [-0.39, 0.29) is 18.6 Å². The zero-order valence-electron chi connectivity index (χ0n) is 14.4. The number of carbonyl (C=O) groups is 1. The van der Waals surface area contributed by atoms with Gasteiger partial charge in [-0.1, -0.05) is 30.3 Å². The Hall–Kier alpha value is -2.30. The normalized spacial score (nSPS) is 12.0. The van der Waals surface area contributed by atoms with Gasteiger partial charge in [-0.25, -0.2) is 0 Å². The second kappa shape index (κ2) is 7.31. The summed E-state index contributed by atoms with van der Waals surface area (Å²) < 4.78 is 11.1. The van der Waals surface area contributed by atoms with E-state index in [1.165, 1.54) is 0 Å². The lowest BCUT2D eigenvalue weighted by molar-refractivity contribution is 0.0928. The van der Waals surface area contributed by atoms with Crippen LogP contribution in [0.15, 0.2) is 22.7 Å². The average molecular weight is 316 g/mol. The number of hydrogen-bond donors (Lipinski definition) is 1. The molecule has 1 aromatic heterocycles. The van der Waals surface area contributed by atoms with E-state index >= 15 is 0 Å². The van der Waals surface area contributed by atoms with Crippen molar-refractivity contribution in [3.8, 4) is 5.75 Å². The Kier molecular flexibility index (Phi) is 5.42. The standard InChI is InChI=1S/C18H24N2O3/c1-6-13(4)19-18(21)16-15(14(5)23-20-16)10-22-17-11(2)8-7-9-12(17)3/h7-9,13H,6,10H2,1-5H3,(H,19,21). The van der Waals surface area contributed by atoms with Gasteiger partial charge in [-0.2, -0.15) is 0 Å². The van der Waals surface area contributed by atoms with Crippen LogP contribution in [0.2, 0.25) is 0 Å². The number of hydrogen-bond acceptors (Lipinski definition) is 4. The van der Waals surface area contributed by atoms with E-state index in [9.17, 15) is 4.79 Å². The molecular weight excluding hydrogens is 292 g/mol. The molecule has 1 aromatic carbocycles. The largest absolute Gasteiger partial charge is 0.488 e. The molecule has 1 N–H and O–H groups in total. The molecule has 0 aliphatic heterocycles. The first kappa shape index (κ1) is 17.1. The van der Waals surface area contributed by atoms with Crippen LogP contribution in [0, 0.1) is 20.8 Å². The van der Waals surface area contributed by atoms with E-state index < -0.39 is 0 Å². The van der Waals surface area contributed by atoms with Crippen molar-refractivity contribution in [3.63, 3.8) is 0 Å². The van der Waals surface area contributed by atoms with E-state index in [1.807, 2.05) is 45.9 Å². The summed E-state index contributed by atoms with van der Waals surface area (Å²) in [6.07, 6.45) is 0.858. The molecule has 23 heavy (non-hydrogen) atoms. The molecule has 0 fully saturated rings. The van der Waals surface area contributed by atoms with Crippen molar-refractivity contribution in [2.24, 2.45) is 0 Å². The van der Waals surface area contributed by atoms with Gasteiger partial charge in [0.15, 0.2) is 5.69 Å². The van der Waals surface area contributed by atoms with Gasteiger partial charge in [0.25, 0.3) is 5.91 Å². The molecule has 1 heterocycles. The van der Waals surface area contributed by atoms with Gasteiger partial charge in [-0.15, -0.1) is 0 Å². The summed E-state index contributed by atoms with van der Waals surface area (Å²) in [6.45, 7) is 10.0. The third kappa shape index (κ3) is 3.92. The Morgan fingerprint density at radius 1 is 1.30 bits per heavy atom. The third-order valence-corrected chi connectivity index (χ3v) is 3.96. The molecule has 2 aromatic rings. The number of rotatable bonds is 6. The zero-order chi connectivity index (χ0) is 17.0. The van der Waals surface area contributed by atoms with Crippen LogP contribution in [0.25, 0.3) is 0 Å². The van der Waals surface area contributed by atoms with Crippen LogP contribution in [0.4, 0.5) is 0 Å². The fourth-order valence-corrected chi connectivity index (χ4v) is 2.30. The molecule has 124 valence electrons. The van der Waals surface area contributed by atoms with Crippen LogP contribution in [-0.4, -0.2) is 17.1 Å². The van der Waals surface area contributed by atoms with Crippen molar-refractivity contribution < 1.29 is 14.1 Å². The highest BCUT2D eigenvalue weighted by atomic mass is 16.5. The van der Waals surface area contributed by atoms with Crippen LogP contribution in [0.5, 0.6) is 5.75 Å². The number of carbonyl (C=O) groups excluding carboxylic acids is 1. The topological polar surface area (TPSA) is 64.4 Å². The first-order valence-corrected chi connectivity index (χ1v) is 7.89. The molecule has 1 amide bonds. The predicted molar refractivity (Wildman–Crippen MR) is 88.7 cm³/mol. The summed E-state index contributed by atoms with van der Waals surface area (Å²) in [5.41, 5.74) is 3.11. The quantitative estimate of drug-likeness (QED) is 0.882. The highest BCUT2D eigenvalue weighted by Gasteiger charge is 2.21. The van der Waals surface area contributed by atoms with Crippen molar-refractivity contribution in [1.29, 1.82) is 0 Å². The maximum absolute atomic E-state index is 12.3. The fourth-order valence-electron chi connectivity index (χ4n) is 2.30. The second-order valence-corrected chi connectivity index (χ2v) is 5.86. The summed E-state index contributed by atoms with van der Waals surface area (Å²) in [7, 11) is 0. The van der Waals surface area contributed by atoms with Gasteiger partial charge >= 0.3 is 0 Å². The average Bonchev–Trinajstić information content (AvgIpc) is 2.88. The van der Waals surface area contributed by atoms with E-state index in [0.717, 1.165) is 23.3 Å². The molecule has 0 saturated carbocycles. The molecule has 0 bridgehead atoms. The van der Waals surface area contributed by atoms with E-state index in [4.69, 9.17) is 9.26 Å². The number of benzene rings is 1. The molecule has 1 atom stereocenters. The molecule has 2 rings (SSSR count). The van der Waals surface area contributed by atoms with Crippen LogP contribution < -0.4 is 10.1 Å². The first-order chi connectivity index (χ1) is 10.9. The Morgan fingerprint density at radius 2 is 1.96 bits per heavy atom.